The number of amidine groups is 1. The first-order valence-corrected chi connectivity index (χ1v) is 11.7. The third-order valence-electron chi connectivity index (χ3n) is 4.59. The minimum Gasteiger partial charge on any atom is -0.488 e. The van der Waals surface area contributed by atoms with Gasteiger partial charge in [-0.3, -0.25) is 4.79 Å². The first kappa shape index (κ1) is 23.1. The molecule has 0 spiro atoms. The van der Waals surface area contributed by atoms with Gasteiger partial charge in [-0.05, 0) is 75.7 Å². The van der Waals surface area contributed by atoms with Crippen molar-refractivity contribution in [1.82, 2.24) is 5.32 Å². The first-order valence-electron chi connectivity index (χ1n) is 9.68. The highest BCUT2D eigenvalue weighted by Gasteiger charge is 2.24. The predicted octanol–water partition coefficient (Wildman–Crippen LogP) is 6.27. The van der Waals surface area contributed by atoms with Gasteiger partial charge >= 0.3 is 5.97 Å². The molecule has 1 aliphatic rings. The van der Waals surface area contributed by atoms with Gasteiger partial charge in [0.15, 0.2) is 5.17 Å². The molecule has 3 aromatic rings. The van der Waals surface area contributed by atoms with Crippen LogP contribution in [0.1, 0.15) is 21.5 Å². The number of thioether (sulfide) groups is 1. The van der Waals surface area contributed by atoms with Crippen LogP contribution in [0.5, 0.6) is 5.75 Å². The molecule has 4 rings (SSSR count). The number of nitrogens with zero attached hydrogens (tertiary/aromatic N) is 1. The predicted molar refractivity (Wildman–Crippen MR) is 134 cm³/mol. The molecule has 33 heavy (non-hydrogen) atoms. The standard InChI is InChI=1S/C24H16BrClN2O4S/c25-18-10-9-17(12-19(18)26)27-24-28-22(29)21(33-24)11-16-3-1-2-4-20(16)32-13-14-5-7-15(8-6-14)23(30)31/h1-12H,13H2,(H,30,31)(H,27,28,29)/b21-11-. The molecule has 1 aliphatic heterocycles. The molecule has 0 aliphatic carbocycles. The number of hydrogen-bond acceptors (Lipinski definition) is 5. The van der Waals surface area contributed by atoms with E-state index in [4.69, 9.17) is 21.4 Å². The summed E-state index contributed by atoms with van der Waals surface area (Å²) in [6.07, 6.45) is 1.75. The van der Waals surface area contributed by atoms with Gasteiger partial charge in [-0.1, -0.05) is 41.9 Å². The van der Waals surface area contributed by atoms with Gasteiger partial charge in [0.2, 0.25) is 0 Å². The molecule has 0 unspecified atom stereocenters. The molecule has 2 N–H and O–H groups in total. The van der Waals surface area contributed by atoms with Crippen molar-refractivity contribution in [3.8, 4) is 5.75 Å². The quantitative estimate of drug-likeness (QED) is 0.358. The number of carboxylic acids is 1. The lowest BCUT2D eigenvalue weighted by molar-refractivity contribution is -0.115. The Bertz CT molecular complexity index is 1290. The van der Waals surface area contributed by atoms with Crippen molar-refractivity contribution >= 4 is 68.1 Å². The van der Waals surface area contributed by atoms with E-state index in [2.05, 4.69) is 26.2 Å². The molecule has 166 valence electrons. The van der Waals surface area contributed by atoms with Gasteiger partial charge in [-0.2, -0.15) is 0 Å². The number of amides is 1. The summed E-state index contributed by atoms with van der Waals surface area (Å²) in [5.74, 6) is -0.621. The van der Waals surface area contributed by atoms with Crippen LogP contribution in [0.15, 0.2) is 81.1 Å². The lowest BCUT2D eigenvalue weighted by atomic mass is 10.1. The van der Waals surface area contributed by atoms with E-state index in [1.54, 1.807) is 36.4 Å². The zero-order chi connectivity index (χ0) is 23.4. The highest BCUT2D eigenvalue weighted by atomic mass is 79.9. The topological polar surface area (TPSA) is 88.0 Å². The maximum atomic E-state index is 12.5. The maximum Gasteiger partial charge on any atom is 0.335 e. The zero-order valence-electron chi connectivity index (χ0n) is 16.9. The Kier molecular flexibility index (Phi) is 7.17. The monoisotopic (exact) mass is 542 g/mol. The SMILES string of the molecule is O=C1NC(=Nc2ccc(Br)c(Cl)c2)S/C1=C\c1ccccc1OCc1ccc(C(=O)O)cc1. The minimum atomic E-state index is -0.974. The summed E-state index contributed by atoms with van der Waals surface area (Å²) in [6, 6.07) is 19.2. The molecule has 1 amide bonds. The van der Waals surface area contributed by atoms with Gasteiger partial charge in [0.1, 0.15) is 12.4 Å². The number of para-hydroxylation sites is 1. The second-order valence-corrected chi connectivity index (χ2v) is 9.20. The fraction of sp³-hybridized carbons (Fsp3) is 0.0417. The molecule has 1 heterocycles. The number of ether oxygens (including phenoxy) is 1. The summed E-state index contributed by atoms with van der Waals surface area (Å²) >= 11 is 10.7. The van der Waals surface area contributed by atoms with Crippen LogP contribution in [0.25, 0.3) is 6.08 Å². The number of aliphatic imine (C=N–C) groups is 1. The Morgan fingerprint density at radius 2 is 1.91 bits per heavy atom. The Balaban J connectivity index is 1.49. The van der Waals surface area contributed by atoms with Crippen LogP contribution in [-0.2, 0) is 11.4 Å². The van der Waals surface area contributed by atoms with Crippen LogP contribution in [-0.4, -0.2) is 22.2 Å². The normalized spacial score (nSPS) is 15.6. The van der Waals surface area contributed by atoms with Crippen molar-refractivity contribution in [2.24, 2.45) is 4.99 Å². The van der Waals surface area contributed by atoms with Crippen molar-refractivity contribution in [2.45, 2.75) is 6.61 Å². The van der Waals surface area contributed by atoms with Crippen molar-refractivity contribution in [2.75, 3.05) is 0 Å². The van der Waals surface area contributed by atoms with Crippen LogP contribution in [0.2, 0.25) is 5.02 Å². The number of carboxylic acid groups (broad SMARTS) is 1. The number of aromatic carboxylic acids is 1. The Morgan fingerprint density at radius 1 is 1.15 bits per heavy atom. The summed E-state index contributed by atoms with van der Waals surface area (Å²) in [4.78, 5) is 28.4. The van der Waals surface area contributed by atoms with Crippen LogP contribution in [0, 0.1) is 0 Å². The second kappa shape index (κ2) is 10.2. The molecular weight excluding hydrogens is 528 g/mol. The Hall–Kier alpha value is -3.07. The minimum absolute atomic E-state index is 0.219. The summed E-state index contributed by atoms with van der Waals surface area (Å²) < 4.78 is 6.70. The molecule has 1 saturated heterocycles. The summed E-state index contributed by atoms with van der Waals surface area (Å²) in [7, 11) is 0. The van der Waals surface area contributed by atoms with Gasteiger partial charge in [-0.25, -0.2) is 9.79 Å². The third kappa shape index (κ3) is 5.84. The van der Waals surface area contributed by atoms with E-state index in [9.17, 15) is 9.59 Å². The molecule has 9 heteroatoms. The summed E-state index contributed by atoms with van der Waals surface area (Å²) in [5.41, 5.74) is 2.42. The molecule has 0 aromatic heterocycles. The van der Waals surface area contributed by atoms with Gasteiger partial charge in [-0.15, -0.1) is 0 Å². The van der Waals surface area contributed by atoms with Gasteiger partial charge in [0.25, 0.3) is 5.91 Å². The van der Waals surface area contributed by atoms with Crippen LogP contribution in [0.4, 0.5) is 5.69 Å². The van der Waals surface area contributed by atoms with E-state index < -0.39 is 5.97 Å². The molecule has 0 saturated carbocycles. The lowest BCUT2D eigenvalue weighted by Gasteiger charge is -2.10. The van der Waals surface area contributed by atoms with E-state index in [-0.39, 0.29) is 18.1 Å². The van der Waals surface area contributed by atoms with Crippen molar-refractivity contribution in [3.63, 3.8) is 0 Å². The number of halogens is 2. The van der Waals surface area contributed by atoms with Gasteiger partial charge in [0.05, 0.1) is 21.2 Å². The largest absolute Gasteiger partial charge is 0.488 e. The van der Waals surface area contributed by atoms with Crippen molar-refractivity contribution < 1.29 is 19.4 Å². The molecular formula is C24H16BrClN2O4S. The molecule has 0 bridgehead atoms. The number of nitrogens with one attached hydrogen (secondary N) is 1. The molecule has 1 fully saturated rings. The maximum absolute atomic E-state index is 12.5. The van der Waals surface area contributed by atoms with Crippen molar-refractivity contribution in [3.05, 3.63) is 97.8 Å². The molecule has 6 nitrogen and oxygen atoms in total. The lowest BCUT2D eigenvalue weighted by Crippen LogP contribution is -2.19. The Labute approximate surface area is 207 Å². The van der Waals surface area contributed by atoms with E-state index >= 15 is 0 Å². The average molecular weight is 544 g/mol. The van der Waals surface area contributed by atoms with E-state index in [1.807, 2.05) is 24.3 Å². The fourth-order valence-corrected chi connectivity index (χ4v) is 4.18. The number of hydrogen-bond donors (Lipinski definition) is 2. The second-order valence-electron chi connectivity index (χ2n) is 6.91. The van der Waals surface area contributed by atoms with Crippen molar-refractivity contribution in [1.29, 1.82) is 0 Å². The number of benzene rings is 3. The number of carbonyl (C=O) groups excluding carboxylic acids is 1. The van der Waals surface area contributed by atoms with Gasteiger partial charge in [0, 0.05) is 10.0 Å². The van der Waals surface area contributed by atoms with Crippen LogP contribution >= 0.6 is 39.3 Å². The smallest absolute Gasteiger partial charge is 0.335 e. The summed E-state index contributed by atoms with van der Waals surface area (Å²) in [6.45, 7) is 0.260. The van der Waals surface area contributed by atoms with Crippen LogP contribution < -0.4 is 10.1 Å². The molecule has 3 aromatic carbocycles. The van der Waals surface area contributed by atoms with E-state index in [0.717, 1.165) is 15.6 Å². The third-order valence-corrected chi connectivity index (χ3v) is 6.73. The van der Waals surface area contributed by atoms with Crippen LogP contribution in [0.3, 0.4) is 0 Å². The number of carbonyl (C=O) groups is 2. The first-order chi connectivity index (χ1) is 15.9. The highest BCUT2D eigenvalue weighted by molar-refractivity contribution is 9.10. The van der Waals surface area contributed by atoms with E-state index in [1.165, 1.54) is 23.9 Å². The fourth-order valence-electron chi connectivity index (χ4n) is 2.93. The molecule has 0 radical (unpaired) electrons. The highest BCUT2D eigenvalue weighted by Crippen LogP contribution is 2.32. The van der Waals surface area contributed by atoms with Gasteiger partial charge < -0.3 is 15.2 Å². The summed E-state index contributed by atoms with van der Waals surface area (Å²) in [5, 5.41) is 12.8. The zero-order valence-corrected chi connectivity index (χ0v) is 20.1. The molecule has 0 atom stereocenters. The number of rotatable bonds is 6. The van der Waals surface area contributed by atoms with E-state index in [0.29, 0.717) is 26.5 Å². The average Bonchev–Trinajstić information content (AvgIpc) is 3.14. The Morgan fingerprint density at radius 3 is 2.64 bits per heavy atom.